The molecule has 0 aromatic heterocycles. The van der Waals surface area contributed by atoms with Crippen molar-refractivity contribution in [3.8, 4) is 11.5 Å². The van der Waals surface area contributed by atoms with Crippen molar-refractivity contribution in [1.82, 2.24) is 5.32 Å². The van der Waals surface area contributed by atoms with Crippen LogP contribution in [0.5, 0.6) is 11.5 Å². The Labute approximate surface area is 122 Å². The number of hydrogen-bond acceptors (Lipinski definition) is 3. The molecule has 2 rings (SSSR count). The average Bonchev–Trinajstić information content (AvgIpc) is 2.43. The smallest absolute Gasteiger partial charge is 0.120 e. The van der Waals surface area contributed by atoms with Gasteiger partial charge in [-0.05, 0) is 62.9 Å². The van der Waals surface area contributed by atoms with E-state index in [4.69, 9.17) is 9.47 Å². The van der Waals surface area contributed by atoms with Crippen molar-refractivity contribution < 1.29 is 9.47 Å². The molecule has 0 aliphatic heterocycles. The minimum atomic E-state index is 0.245. The summed E-state index contributed by atoms with van der Waals surface area (Å²) in [7, 11) is 2.03. The quantitative estimate of drug-likeness (QED) is 0.893. The lowest BCUT2D eigenvalue weighted by Gasteiger charge is -2.39. The molecule has 3 nitrogen and oxygen atoms in total. The van der Waals surface area contributed by atoms with Gasteiger partial charge in [0.2, 0.25) is 0 Å². The summed E-state index contributed by atoms with van der Waals surface area (Å²) >= 11 is 0. The number of likely N-dealkylation sites (N-methyl/N-ethyl adjacent to an activating group) is 1. The van der Waals surface area contributed by atoms with Crippen LogP contribution in [0.4, 0.5) is 0 Å². The summed E-state index contributed by atoms with van der Waals surface area (Å²) in [4.78, 5) is 0. The monoisotopic (exact) mass is 277 g/mol. The zero-order valence-corrected chi connectivity index (χ0v) is 13.1. The summed E-state index contributed by atoms with van der Waals surface area (Å²) in [6.45, 7) is 7.31. The largest absolute Gasteiger partial charge is 0.494 e. The van der Waals surface area contributed by atoms with Gasteiger partial charge in [-0.15, -0.1) is 0 Å². The Morgan fingerprint density at radius 1 is 1.10 bits per heavy atom. The molecule has 1 aliphatic rings. The third-order valence-corrected chi connectivity index (χ3v) is 4.17. The highest BCUT2D eigenvalue weighted by Gasteiger charge is 2.34. The fourth-order valence-corrected chi connectivity index (χ4v) is 3.25. The summed E-state index contributed by atoms with van der Waals surface area (Å²) in [5.41, 5.74) is 0. The second-order valence-electron chi connectivity index (χ2n) is 5.94. The Kier molecular flexibility index (Phi) is 5.30. The number of nitrogens with one attached hydrogen (secondary N) is 1. The number of hydrogen-bond donors (Lipinski definition) is 1. The SMILES string of the molecule is CCOc1ccc(OC2C(C)CC(C)CC2NC)cc1. The van der Waals surface area contributed by atoms with Gasteiger partial charge < -0.3 is 14.8 Å². The third kappa shape index (κ3) is 3.66. The molecule has 0 heterocycles. The van der Waals surface area contributed by atoms with E-state index in [1.165, 1.54) is 12.8 Å². The third-order valence-electron chi connectivity index (χ3n) is 4.17. The molecule has 1 aromatic rings. The van der Waals surface area contributed by atoms with Crippen LogP contribution in [0.1, 0.15) is 33.6 Å². The van der Waals surface area contributed by atoms with Crippen molar-refractivity contribution in [2.75, 3.05) is 13.7 Å². The highest BCUT2D eigenvalue weighted by atomic mass is 16.5. The van der Waals surface area contributed by atoms with Gasteiger partial charge in [0.1, 0.15) is 17.6 Å². The number of benzene rings is 1. The molecule has 0 radical (unpaired) electrons. The molecule has 3 heteroatoms. The molecular weight excluding hydrogens is 250 g/mol. The van der Waals surface area contributed by atoms with E-state index in [-0.39, 0.29) is 6.10 Å². The first kappa shape index (κ1) is 15.2. The zero-order chi connectivity index (χ0) is 14.5. The van der Waals surface area contributed by atoms with Gasteiger partial charge in [0.05, 0.1) is 6.61 Å². The molecule has 0 spiro atoms. The predicted octanol–water partition coefficient (Wildman–Crippen LogP) is 3.49. The first-order chi connectivity index (χ1) is 9.63. The first-order valence-electron chi connectivity index (χ1n) is 7.70. The lowest BCUT2D eigenvalue weighted by atomic mass is 9.78. The van der Waals surface area contributed by atoms with Gasteiger partial charge in [-0.2, -0.15) is 0 Å². The summed E-state index contributed by atoms with van der Waals surface area (Å²) in [6.07, 6.45) is 2.66. The van der Waals surface area contributed by atoms with Crippen LogP contribution in [-0.2, 0) is 0 Å². The second-order valence-corrected chi connectivity index (χ2v) is 5.94. The molecule has 1 N–H and O–H groups in total. The van der Waals surface area contributed by atoms with E-state index >= 15 is 0 Å². The summed E-state index contributed by atoms with van der Waals surface area (Å²) in [5, 5.41) is 3.42. The Morgan fingerprint density at radius 2 is 1.75 bits per heavy atom. The molecular formula is C17H27NO2. The maximum Gasteiger partial charge on any atom is 0.120 e. The Hall–Kier alpha value is -1.22. The van der Waals surface area contributed by atoms with Gasteiger partial charge in [-0.1, -0.05) is 13.8 Å². The second kappa shape index (κ2) is 6.98. The summed E-state index contributed by atoms with van der Waals surface area (Å²) < 4.78 is 11.7. The molecule has 20 heavy (non-hydrogen) atoms. The topological polar surface area (TPSA) is 30.5 Å². The van der Waals surface area contributed by atoms with Crippen LogP contribution in [0.2, 0.25) is 0 Å². The van der Waals surface area contributed by atoms with Crippen LogP contribution in [0, 0.1) is 11.8 Å². The van der Waals surface area contributed by atoms with E-state index in [0.717, 1.165) is 17.4 Å². The Morgan fingerprint density at radius 3 is 2.35 bits per heavy atom. The van der Waals surface area contributed by atoms with E-state index in [9.17, 15) is 0 Å². The molecule has 4 unspecified atom stereocenters. The van der Waals surface area contributed by atoms with Crippen molar-refractivity contribution in [3.63, 3.8) is 0 Å². The Balaban J connectivity index is 2.03. The minimum absolute atomic E-state index is 0.245. The molecule has 4 atom stereocenters. The van der Waals surface area contributed by atoms with E-state index in [1.54, 1.807) is 0 Å². The molecule has 1 fully saturated rings. The average molecular weight is 277 g/mol. The van der Waals surface area contributed by atoms with Crippen LogP contribution in [-0.4, -0.2) is 25.8 Å². The highest BCUT2D eigenvalue weighted by molar-refractivity contribution is 5.31. The van der Waals surface area contributed by atoms with Crippen LogP contribution in [0.3, 0.4) is 0 Å². The molecule has 112 valence electrons. The lowest BCUT2D eigenvalue weighted by molar-refractivity contribution is 0.0506. The van der Waals surface area contributed by atoms with Crippen molar-refractivity contribution in [2.24, 2.45) is 11.8 Å². The van der Waals surface area contributed by atoms with Gasteiger partial charge in [0.25, 0.3) is 0 Å². The zero-order valence-electron chi connectivity index (χ0n) is 13.1. The van der Waals surface area contributed by atoms with Gasteiger partial charge in [-0.25, -0.2) is 0 Å². The van der Waals surface area contributed by atoms with Crippen molar-refractivity contribution >= 4 is 0 Å². The van der Waals surface area contributed by atoms with E-state index in [0.29, 0.717) is 18.6 Å². The van der Waals surface area contributed by atoms with E-state index < -0.39 is 0 Å². The van der Waals surface area contributed by atoms with E-state index in [1.807, 2.05) is 38.2 Å². The number of ether oxygens (including phenoxy) is 2. The van der Waals surface area contributed by atoms with Crippen molar-refractivity contribution in [3.05, 3.63) is 24.3 Å². The van der Waals surface area contributed by atoms with Gasteiger partial charge >= 0.3 is 0 Å². The van der Waals surface area contributed by atoms with Gasteiger partial charge in [0.15, 0.2) is 0 Å². The van der Waals surface area contributed by atoms with Crippen LogP contribution in [0.15, 0.2) is 24.3 Å². The van der Waals surface area contributed by atoms with E-state index in [2.05, 4.69) is 19.2 Å². The van der Waals surface area contributed by atoms with Crippen molar-refractivity contribution in [2.45, 2.75) is 45.8 Å². The summed E-state index contributed by atoms with van der Waals surface area (Å²) in [5.74, 6) is 3.17. The number of rotatable bonds is 5. The van der Waals surface area contributed by atoms with Crippen molar-refractivity contribution in [1.29, 1.82) is 0 Å². The Bertz CT molecular complexity index is 404. The normalized spacial score (nSPS) is 30.0. The molecule has 0 bridgehead atoms. The van der Waals surface area contributed by atoms with Crippen LogP contribution in [0.25, 0.3) is 0 Å². The fraction of sp³-hybridized carbons (Fsp3) is 0.647. The molecule has 1 aliphatic carbocycles. The predicted molar refractivity (Wildman–Crippen MR) is 82.4 cm³/mol. The molecule has 1 aromatic carbocycles. The standard InChI is InChI=1S/C17H27NO2/c1-5-19-14-6-8-15(9-7-14)20-17-13(3)10-12(2)11-16(17)18-4/h6-9,12-13,16-18H,5,10-11H2,1-4H3. The molecule has 1 saturated carbocycles. The van der Waals surface area contributed by atoms with Gasteiger partial charge in [0, 0.05) is 6.04 Å². The summed E-state index contributed by atoms with van der Waals surface area (Å²) in [6, 6.07) is 8.39. The molecule has 0 amide bonds. The highest BCUT2D eigenvalue weighted by Crippen LogP contribution is 2.32. The first-order valence-corrected chi connectivity index (χ1v) is 7.70. The van der Waals surface area contributed by atoms with Crippen LogP contribution < -0.4 is 14.8 Å². The maximum atomic E-state index is 6.23. The van der Waals surface area contributed by atoms with Gasteiger partial charge in [-0.3, -0.25) is 0 Å². The van der Waals surface area contributed by atoms with Crippen LogP contribution >= 0.6 is 0 Å². The maximum absolute atomic E-state index is 6.23. The fourth-order valence-electron chi connectivity index (χ4n) is 3.25. The lowest BCUT2D eigenvalue weighted by Crippen LogP contribution is -2.49. The molecule has 0 saturated heterocycles. The minimum Gasteiger partial charge on any atom is -0.494 e.